The van der Waals surface area contributed by atoms with Gasteiger partial charge in [-0.1, -0.05) is 5.21 Å². The Labute approximate surface area is 153 Å². The maximum atomic E-state index is 14.5. The van der Waals surface area contributed by atoms with Crippen LogP contribution < -0.4 is 0 Å². The molecule has 3 rings (SSSR count). The maximum Gasteiger partial charge on any atom is 0.525 e. The Balaban J connectivity index is 1.59. The van der Waals surface area contributed by atoms with E-state index in [1.165, 1.54) is 6.08 Å². The summed E-state index contributed by atoms with van der Waals surface area (Å²) in [6.45, 7) is 10.2. The largest absolute Gasteiger partial charge is 0.525 e. The van der Waals surface area contributed by atoms with Gasteiger partial charge >= 0.3 is 7.12 Å². The molecule has 0 aromatic carbocycles. The number of rotatable bonds is 6. The molecule has 9 heteroatoms. The highest BCUT2D eigenvalue weighted by atomic mass is 19.1. The van der Waals surface area contributed by atoms with Gasteiger partial charge in [0.15, 0.2) is 0 Å². The van der Waals surface area contributed by atoms with Crippen LogP contribution in [-0.2, 0) is 15.9 Å². The van der Waals surface area contributed by atoms with Crippen LogP contribution in [0.3, 0.4) is 0 Å². The molecule has 144 valence electrons. The summed E-state index contributed by atoms with van der Waals surface area (Å²) in [4.78, 5) is 2.11. The van der Waals surface area contributed by atoms with Gasteiger partial charge in [0.25, 0.3) is 0 Å². The topological polar surface area (TPSA) is 52.4 Å². The van der Waals surface area contributed by atoms with Gasteiger partial charge in [0.2, 0.25) is 0 Å². The Hall–Kier alpha value is -1.32. The summed E-state index contributed by atoms with van der Waals surface area (Å²) in [6, 6.07) is 0. The normalized spacial score (nSPS) is 26.0. The molecule has 0 N–H and O–H groups in total. The van der Waals surface area contributed by atoms with Crippen LogP contribution in [0.1, 0.15) is 39.8 Å². The van der Waals surface area contributed by atoms with Crippen LogP contribution in [0.2, 0.25) is 0 Å². The molecule has 0 radical (unpaired) electrons. The Morgan fingerprint density at radius 3 is 2.69 bits per heavy atom. The lowest BCUT2D eigenvalue weighted by atomic mass is 9.87. The molecular formula is C17H27BF2N4O2. The first kappa shape index (κ1) is 19.4. The second kappa shape index (κ2) is 7.36. The summed E-state index contributed by atoms with van der Waals surface area (Å²) in [5.74, 6) is 0.410. The molecule has 0 amide bonds. The number of nitrogens with zero attached hydrogens (tertiary/aromatic N) is 4. The van der Waals surface area contributed by atoms with E-state index in [1.54, 1.807) is 10.9 Å². The number of likely N-dealkylation sites (tertiary alicyclic amines) is 1. The van der Waals surface area contributed by atoms with Gasteiger partial charge in [-0.15, -0.1) is 5.10 Å². The molecule has 0 saturated carbocycles. The quantitative estimate of drug-likeness (QED) is 0.723. The minimum atomic E-state index is -1.03. The van der Waals surface area contributed by atoms with E-state index in [9.17, 15) is 8.78 Å². The predicted molar refractivity (Wildman–Crippen MR) is 95.7 cm³/mol. The fourth-order valence-corrected chi connectivity index (χ4v) is 3.28. The second-order valence-corrected chi connectivity index (χ2v) is 8.13. The van der Waals surface area contributed by atoms with Crippen LogP contribution >= 0.6 is 0 Å². The van der Waals surface area contributed by atoms with Crippen molar-refractivity contribution in [3.8, 4) is 0 Å². The molecule has 1 aromatic rings. The lowest BCUT2D eigenvalue weighted by Gasteiger charge is -2.32. The zero-order chi connectivity index (χ0) is 18.9. The zero-order valence-corrected chi connectivity index (χ0v) is 15.9. The van der Waals surface area contributed by atoms with Crippen LogP contribution in [0, 0.1) is 5.92 Å². The molecule has 2 saturated heterocycles. The monoisotopic (exact) mass is 368 g/mol. The zero-order valence-electron chi connectivity index (χ0n) is 15.9. The Bertz CT molecular complexity index is 649. The highest BCUT2D eigenvalue weighted by Crippen LogP contribution is 2.38. The van der Waals surface area contributed by atoms with Gasteiger partial charge < -0.3 is 14.2 Å². The standard InChI is InChI=1S/C17H27BF2N4O2/c1-16(2)17(3,4)26-18(25-16)15(20)9-14-12-24(22-21-14)11-13-5-7-23(10-13)8-6-19/h9,12-13H,5-8,10-11H2,1-4H3. The Kier molecular flexibility index (Phi) is 5.51. The van der Waals surface area contributed by atoms with Crippen LogP contribution in [0.15, 0.2) is 11.9 Å². The van der Waals surface area contributed by atoms with Crippen molar-refractivity contribution in [1.29, 1.82) is 0 Å². The number of halogens is 2. The number of aromatic nitrogens is 3. The van der Waals surface area contributed by atoms with Gasteiger partial charge in [0.1, 0.15) is 18.1 Å². The fraction of sp³-hybridized carbons (Fsp3) is 0.765. The molecule has 2 fully saturated rings. The van der Waals surface area contributed by atoms with Gasteiger partial charge in [0, 0.05) is 19.6 Å². The molecule has 2 aliphatic rings. The molecule has 0 spiro atoms. The van der Waals surface area contributed by atoms with E-state index in [2.05, 4.69) is 15.2 Å². The average molecular weight is 368 g/mol. The van der Waals surface area contributed by atoms with E-state index in [-0.39, 0.29) is 6.67 Å². The van der Waals surface area contributed by atoms with Crippen molar-refractivity contribution in [3.05, 3.63) is 17.6 Å². The van der Waals surface area contributed by atoms with Gasteiger partial charge in [-0.3, -0.25) is 4.68 Å². The average Bonchev–Trinajstić information content (AvgIpc) is 3.21. The van der Waals surface area contributed by atoms with E-state index >= 15 is 0 Å². The van der Waals surface area contributed by atoms with Crippen molar-refractivity contribution in [3.63, 3.8) is 0 Å². The molecule has 0 bridgehead atoms. The number of hydrogen-bond acceptors (Lipinski definition) is 5. The molecule has 0 aliphatic carbocycles. The summed E-state index contributed by atoms with van der Waals surface area (Å²) in [6.07, 6.45) is 4.02. The van der Waals surface area contributed by atoms with E-state index in [4.69, 9.17) is 9.31 Å². The summed E-state index contributed by atoms with van der Waals surface area (Å²) < 4.78 is 40.0. The first-order chi connectivity index (χ1) is 12.2. The van der Waals surface area contributed by atoms with E-state index in [0.29, 0.717) is 24.7 Å². The smallest absolute Gasteiger partial charge is 0.398 e. The lowest BCUT2D eigenvalue weighted by Crippen LogP contribution is -2.41. The van der Waals surface area contributed by atoms with Crippen molar-refractivity contribution in [2.24, 2.45) is 5.92 Å². The van der Waals surface area contributed by atoms with Crippen LogP contribution in [0.4, 0.5) is 8.78 Å². The predicted octanol–water partition coefficient (Wildman–Crippen LogP) is 2.51. The van der Waals surface area contributed by atoms with Gasteiger partial charge in [-0.05, 0) is 52.7 Å². The highest BCUT2D eigenvalue weighted by Gasteiger charge is 2.53. The fourth-order valence-electron chi connectivity index (χ4n) is 3.28. The second-order valence-electron chi connectivity index (χ2n) is 8.13. The summed E-state index contributed by atoms with van der Waals surface area (Å²) in [5, 5.41) is 8.08. The summed E-state index contributed by atoms with van der Waals surface area (Å²) in [5.41, 5.74) is -1.27. The third-order valence-electron chi connectivity index (χ3n) is 5.54. The number of alkyl halides is 1. The Morgan fingerprint density at radius 2 is 2.04 bits per heavy atom. The molecule has 1 atom stereocenters. The van der Waals surface area contributed by atoms with Crippen molar-refractivity contribution < 1.29 is 18.1 Å². The van der Waals surface area contributed by atoms with Gasteiger partial charge in [-0.2, -0.15) is 0 Å². The molecule has 1 aromatic heterocycles. The summed E-state index contributed by atoms with van der Waals surface area (Å²) >= 11 is 0. The van der Waals surface area contributed by atoms with Crippen molar-refractivity contribution in [1.82, 2.24) is 19.9 Å². The maximum absolute atomic E-state index is 14.5. The van der Waals surface area contributed by atoms with Gasteiger partial charge in [-0.25, -0.2) is 8.78 Å². The molecule has 26 heavy (non-hydrogen) atoms. The first-order valence-corrected chi connectivity index (χ1v) is 9.11. The van der Waals surface area contributed by atoms with Crippen molar-refractivity contribution >= 4 is 13.2 Å². The van der Waals surface area contributed by atoms with Crippen LogP contribution in [0.5, 0.6) is 0 Å². The Morgan fingerprint density at radius 1 is 1.35 bits per heavy atom. The number of hydrogen-bond donors (Lipinski definition) is 0. The first-order valence-electron chi connectivity index (χ1n) is 9.11. The lowest BCUT2D eigenvalue weighted by molar-refractivity contribution is 0.00578. The van der Waals surface area contributed by atoms with Crippen LogP contribution in [0.25, 0.3) is 6.08 Å². The molecule has 2 aliphatic heterocycles. The summed E-state index contributed by atoms with van der Waals surface area (Å²) in [7, 11) is -1.03. The van der Waals surface area contributed by atoms with Crippen molar-refractivity contribution in [2.75, 3.05) is 26.3 Å². The SMILES string of the molecule is CC1(C)OB(C(F)=Cc2cn(CC3CCN(CCF)C3)nn2)OC1(C)C. The highest BCUT2D eigenvalue weighted by molar-refractivity contribution is 6.54. The van der Waals surface area contributed by atoms with Crippen LogP contribution in [-0.4, -0.2) is 64.5 Å². The van der Waals surface area contributed by atoms with E-state index in [0.717, 1.165) is 19.5 Å². The molecule has 6 nitrogen and oxygen atoms in total. The van der Waals surface area contributed by atoms with Crippen molar-refractivity contribution in [2.45, 2.75) is 51.9 Å². The minimum absolute atomic E-state index is 0.316. The third kappa shape index (κ3) is 4.15. The molecule has 1 unspecified atom stereocenters. The van der Waals surface area contributed by atoms with Gasteiger partial charge in [0.05, 0.1) is 17.4 Å². The third-order valence-corrected chi connectivity index (χ3v) is 5.54. The van der Waals surface area contributed by atoms with E-state index in [1.807, 2.05) is 27.7 Å². The molecule has 3 heterocycles. The molecular weight excluding hydrogens is 341 g/mol. The minimum Gasteiger partial charge on any atom is -0.398 e. The van der Waals surface area contributed by atoms with E-state index < -0.39 is 24.0 Å².